The highest BCUT2D eigenvalue weighted by Gasteiger charge is 2.02. The van der Waals surface area contributed by atoms with Crippen LogP contribution in [0.3, 0.4) is 0 Å². The Labute approximate surface area is 155 Å². The van der Waals surface area contributed by atoms with Gasteiger partial charge in [-0.15, -0.1) is 0 Å². The molecule has 0 bridgehead atoms. The highest BCUT2D eigenvalue weighted by Crippen LogP contribution is 2.12. The Balaban J connectivity index is 1.52. The first-order valence-electron chi connectivity index (χ1n) is 9.24. The molecule has 0 radical (unpaired) electrons. The molecule has 0 saturated heterocycles. The molecule has 0 aliphatic rings. The Hall–Kier alpha value is -2.82. The van der Waals surface area contributed by atoms with Crippen LogP contribution in [0.15, 0.2) is 59.9 Å². The van der Waals surface area contributed by atoms with Crippen molar-refractivity contribution in [2.24, 2.45) is 4.99 Å². The molecule has 0 amide bonds. The van der Waals surface area contributed by atoms with Crippen LogP contribution in [0.4, 0.5) is 0 Å². The third-order valence-electron chi connectivity index (χ3n) is 4.41. The van der Waals surface area contributed by atoms with E-state index in [2.05, 4.69) is 70.4 Å². The standard InChI is InChI=1S/C21H27N5/c1-3-22-21(24-15-18-10-5-4-9-17(18)2)23-13-8-14-26-16-25-19-11-6-7-12-20(19)26/h4-7,9-12,16H,3,8,13-15H2,1-2H3,(H2,22,23,24). The molecule has 0 atom stereocenters. The summed E-state index contributed by atoms with van der Waals surface area (Å²) in [7, 11) is 0. The Kier molecular flexibility index (Phi) is 6.25. The summed E-state index contributed by atoms with van der Waals surface area (Å²) in [5.74, 6) is 0.867. The third kappa shape index (κ3) is 4.63. The van der Waals surface area contributed by atoms with E-state index in [-0.39, 0.29) is 0 Å². The lowest BCUT2D eigenvalue weighted by molar-refractivity contribution is 0.637. The van der Waals surface area contributed by atoms with Gasteiger partial charge in [-0.2, -0.15) is 0 Å². The first-order valence-corrected chi connectivity index (χ1v) is 9.24. The number of fused-ring (bicyclic) bond motifs is 1. The minimum absolute atomic E-state index is 0.689. The van der Waals surface area contributed by atoms with Crippen LogP contribution in [0.25, 0.3) is 11.0 Å². The van der Waals surface area contributed by atoms with Crippen molar-refractivity contribution in [1.29, 1.82) is 0 Å². The average molecular weight is 349 g/mol. The van der Waals surface area contributed by atoms with Crippen LogP contribution in [0.1, 0.15) is 24.5 Å². The lowest BCUT2D eigenvalue weighted by atomic mass is 10.1. The highest BCUT2D eigenvalue weighted by atomic mass is 15.2. The molecule has 0 fully saturated rings. The smallest absolute Gasteiger partial charge is 0.191 e. The van der Waals surface area contributed by atoms with Crippen LogP contribution < -0.4 is 10.6 Å². The van der Waals surface area contributed by atoms with Gasteiger partial charge >= 0.3 is 0 Å². The Bertz CT molecular complexity index is 865. The van der Waals surface area contributed by atoms with Crippen molar-refractivity contribution in [3.8, 4) is 0 Å². The zero-order valence-corrected chi connectivity index (χ0v) is 15.6. The Morgan fingerprint density at radius 2 is 1.88 bits per heavy atom. The number of guanidine groups is 1. The lowest BCUT2D eigenvalue weighted by Gasteiger charge is -2.12. The minimum atomic E-state index is 0.689. The second-order valence-electron chi connectivity index (χ2n) is 6.33. The van der Waals surface area contributed by atoms with Gasteiger partial charge in [-0.05, 0) is 43.5 Å². The largest absolute Gasteiger partial charge is 0.357 e. The van der Waals surface area contributed by atoms with Gasteiger partial charge in [0.1, 0.15) is 0 Å². The van der Waals surface area contributed by atoms with Crippen molar-refractivity contribution in [2.75, 3.05) is 13.1 Å². The SMILES string of the molecule is CCNC(=NCc1ccccc1C)NCCCn1cnc2ccccc21. The van der Waals surface area contributed by atoms with E-state index in [1.165, 1.54) is 16.6 Å². The predicted molar refractivity (Wildman–Crippen MR) is 108 cm³/mol. The van der Waals surface area contributed by atoms with E-state index in [4.69, 9.17) is 4.99 Å². The summed E-state index contributed by atoms with van der Waals surface area (Å²) in [6.07, 6.45) is 2.93. The molecule has 0 saturated carbocycles. The van der Waals surface area contributed by atoms with Crippen molar-refractivity contribution in [3.63, 3.8) is 0 Å². The van der Waals surface area contributed by atoms with Gasteiger partial charge in [0.05, 0.1) is 23.9 Å². The zero-order chi connectivity index (χ0) is 18.2. The van der Waals surface area contributed by atoms with E-state index >= 15 is 0 Å². The molecular weight excluding hydrogens is 322 g/mol. The van der Waals surface area contributed by atoms with E-state index in [9.17, 15) is 0 Å². The van der Waals surface area contributed by atoms with Crippen LogP contribution in [0, 0.1) is 6.92 Å². The fourth-order valence-electron chi connectivity index (χ4n) is 2.94. The second-order valence-corrected chi connectivity index (χ2v) is 6.33. The number of benzene rings is 2. The number of hydrogen-bond acceptors (Lipinski definition) is 2. The predicted octanol–water partition coefficient (Wildman–Crippen LogP) is 3.49. The number of hydrogen-bond donors (Lipinski definition) is 2. The molecule has 0 aliphatic carbocycles. The van der Waals surface area contributed by atoms with Gasteiger partial charge in [0.15, 0.2) is 5.96 Å². The number of aliphatic imine (C=N–C) groups is 1. The van der Waals surface area contributed by atoms with Gasteiger partial charge in [-0.3, -0.25) is 0 Å². The molecule has 0 aliphatic heterocycles. The lowest BCUT2D eigenvalue weighted by Crippen LogP contribution is -2.38. The van der Waals surface area contributed by atoms with Crippen LogP contribution >= 0.6 is 0 Å². The minimum Gasteiger partial charge on any atom is -0.357 e. The fraction of sp³-hybridized carbons (Fsp3) is 0.333. The fourth-order valence-corrected chi connectivity index (χ4v) is 2.94. The van der Waals surface area contributed by atoms with Gasteiger partial charge in [0.2, 0.25) is 0 Å². The quantitative estimate of drug-likeness (QED) is 0.390. The van der Waals surface area contributed by atoms with Crippen LogP contribution in [-0.4, -0.2) is 28.6 Å². The Morgan fingerprint density at radius 1 is 1.08 bits per heavy atom. The van der Waals surface area contributed by atoms with Crippen LogP contribution in [0.5, 0.6) is 0 Å². The van der Waals surface area contributed by atoms with E-state index in [0.29, 0.717) is 6.54 Å². The monoisotopic (exact) mass is 349 g/mol. The number of aromatic nitrogens is 2. The maximum Gasteiger partial charge on any atom is 0.191 e. The van der Waals surface area contributed by atoms with Crippen molar-refractivity contribution < 1.29 is 0 Å². The first kappa shape index (κ1) is 18.0. The summed E-state index contributed by atoms with van der Waals surface area (Å²) in [5.41, 5.74) is 4.77. The number of nitrogens with one attached hydrogen (secondary N) is 2. The summed E-state index contributed by atoms with van der Waals surface area (Å²) in [4.78, 5) is 9.14. The number of imidazole rings is 1. The van der Waals surface area contributed by atoms with Crippen molar-refractivity contribution in [3.05, 3.63) is 66.0 Å². The zero-order valence-electron chi connectivity index (χ0n) is 15.6. The second kappa shape index (κ2) is 9.04. The summed E-state index contributed by atoms with van der Waals surface area (Å²) < 4.78 is 2.20. The molecule has 2 aromatic carbocycles. The van der Waals surface area contributed by atoms with Crippen molar-refractivity contribution >= 4 is 17.0 Å². The van der Waals surface area contributed by atoms with Gasteiger partial charge in [0.25, 0.3) is 0 Å². The molecule has 0 spiro atoms. The number of rotatable bonds is 7. The maximum absolute atomic E-state index is 4.70. The number of aryl methyl sites for hydroxylation is 2. The van der Waals surface area contributed by atoms with Crippen molar-refractivity contribution in [2.45, 2.75) is 33.4 Å². The van der Waals surface area contributed by atoms with E-state index in [1.807, 2.05) is 18.5 Å². The summed E-state index contributed by atoms with van der Waals surface area (Å²) >= 11 is 0. The normalized spacial score (nSPS) is 11.7. The summed E-state index contributed by atoms with van der Waals surface area (Å²) in [6, 6.07) is 16.6. The van der Waals surface area contributed by atoms with Crippen LogP contribution in [-0.2, 0) is 13.1 Å². The number of para-hydroxylation sites is 2. The van der Waals surface area contributed by atoms with Crippen LogP contribution in [0.2, 0.25) is 0 Å². The van der Waals surface area contributed by atoms with E-state index in [1.54, 1.807) is 0 Å². The molecule has 5 nitrogen and oxygen atoms in total. The molecule has 3 rings (SSSR count). The van der Waals surface area contributed by atoms with Gasteiger partial charge < -0.3 is 15.2 Å². The van der Waals surface area contributed by atoms with Gasteiger partial charge in [-0.25, -0.2) is 9.98 Å². The van der Waals surface area contributed by atoms with Crippen molar-refractivity contribution in [1.82, 2.24) is 20.2 Å². The molecular formula is C21H27N5. The average Bonchev–Trinajstić information content (AvgIpc) is 3.07. The first-order chi connectivity index (χ1) is 12.8. The highest BCUT2D eigenvalue weighted by molar-refractivity contribution is 5.79. The van der Waals surface area contributed by atoms with Gasteiger partial charge in [0, 0.05) is 19.6 Å². The van der Waals surface area contributed by atoms with E-state index in [0.717, 1.165) is 37.5 Å². The maximum atomic E-state index is 4.70. The Morgan fingerprint density at radius 3 is 2.73 bits per heavy atom. The topological polar surface area (TPSA) is 54.2 Å². The molecule has 26 heavy (non-hydrogen) atoms. The third-order valence-corrected chi connectivity index (χ3v) is 4.41. The summed E-state index contributed by atoms with van der Waals surface area (Å²) in [5, 5.41) is 6.74. The molecule has 136 valence electrons. The molecule has 1 aromatic heterocycles. The molecule has 5 heteroatoms. The molecule has 1 heterocycles. The number of nitrogens with zero attached hydrogens (tertiary/aromatic N) is 3. The molecule has 2 N–H and O–H groups in total. The molecule has 0 unspecified atom stereocenters. The summed E-state index contributed by atoms with van der Waals surface area (Å²) in [6.45, 7) is 7.56. The van der Waals surface area contributed by atoms with Gasteiger partial charge in [-0.1, -0.05) is 36.4 Å². The molecule has 3 aromatic rings. The van der Waals surface area contributed by atoms with E-state index < -0.39 is 0 Å².